The second-order valence-corrected chi connectivity index (χ2v) is 3.98. The quantitative estimate of drug-likeness (QED) is 0.646. The summed E-state index contributed by atoms with van der Waals surface area (Å²) in [6.45, 7) is 3.88. The van der Waals surface area contributed by atoms with Gasteiger partial charge in [-0.3, -0.25) is 0 Å². The Morgan fingerprint density at radius 2 is 2.06 bits per heavy atom. The summed E-state index contributed by atoms with van der Waals surface area (Å²) in [5.41, 5.74) is 7.79. The second kappa shape index (κ2) is 5.00. The number of aliphatic imine (C=N–C) groups is 2. The number of anilines is 1. The SMILES string of the molecule is CCOC(=O)[C@H]1N=C(c2ccc(N)cc2)N=C1C. The van der Waals surface area contributed by atoms with E-state index in [0.29, 0.717) is 23.8 Å². The van der Waals surface area contributed by atoms with Crippen molar-refractivity contribution in [3.8, 4) is 0 Å². The molecular formula is C13H15N3O2. The molecule has 0 radical (unpaired) electrons. The molecule has 0 spiro atoms. The lowest BCUT2D eigenvalue weighted by Gasteiger charge is -2.05. The van der Waals surface area contributed by atoms with Crippen molar-refractivity contribution in [1.82, 2.24) is 0 Å². The van der Waals surface area contributed by atoms with Gasteiger partial charge in [-0.15, -0.1) is 0 Å². The lowest BCUT2D eigenvalue weighted by Crippen LogP contribution is -2.26. The van der Waals surface area contributed by atoms with Crippen LogP contribution in [-0.2, 0) is 9.53 Å². The maximum atomic E-state index is 11.7. The van der Waals surface area contributed by atoms with Gasteiger partial charge < -0.3 is 10.5 Å². The van der Waals surface area contributed by atoms with E-state index >= 15 is 0 Å². The van der Waals surface area contributed by atoms with E-state index in [4.69, 9.17) is 10.5 Å². The van der Waals surface area contributed by atoms with Crippen LogP contribution in [0.2, 0.25) is 0 Å². The number of rotatable bonds is 3. The maximum absolute atomic E-state index is 11.7. The second-order valence-electron chi connectivity index (χ2n) is 3.98. The van der Waals surface area contributed by atoms with Crippen molar-refractivity contribution >= 4 is 23.2 Å². The molecule has 2 rings (SSSR count). The number of nitrogen functional groups attached to an aromatic ring is 1. The van der Waals surface area contributed by atoms with Crippen LogP contribution < -0.4 is 5.73 Å². The van der Waals surface area contributed by atoms with Crippen molar-refractivity contribution in [2.75, 3.05) is 12.3 Å². The third-order valence-corrected chi connectivity index (χ3v) is 2.61. The number of esters is 1. The third-order valence-electron chi connectivity index (χ3n) is 2.61. The highest BCUT2D eigenvalue weighted by molar-refractivity contribution is 6.18. The van der Waals surface area contributed by atoms with E-state index in [1.165, 1.54) is 0 Å². The zero-order valence-corrected chi connectivity index (χ0v) is 10.4. The van der Waals surface area contributed by atoms with Crippen LogP contribution in [0, 0.1) is 0 Å². The number of carbonyl (C=O) groups is 1. The van der Waals surface area contributed by atoms with Crippen LogP contribution in [0.1, 0.15) is 19.4 Å². The Labute approximate surface area is 105 Å². The predicted octanol–water partition coefficient (Wildman–Crippen LogP) is 1.42. The molecule has 1 atom stereocenters. The molecule has 0 amide bonds. The van der Waals surface area contributed by atoms with Gasteiger partial charge in [0.15, 0.2) is 11.9 Å². The molecule has 1 aliphatic rings. The van der Waals surface area contributed by atoms with Crippen LogP contribution in [0.3, 0.4) is 0 Å². The summed E-state index contributed by atoms with van der Waals surface area (Å²) >= 11 is 0. The number of ether oxygens (including phenoxy) is 1. The van der Waals surface area contributed by atoms with Gasteiger partial charge in [0.2, 0.25) is 0 Å². The summed E-state index contributed by atoms with van der Waals surface area (Å²) in [4.78, 5) is 20.2. The average molecular weight is 245 g/mol. The minimum atomic E-state index is -0.613. The Bertz CT molecular complexity index is 518. The summed E-state index contributed by atoms with van der Waals surface area (Å²) in [6.07, 6.45) is 0. The highest BCUT2D eigenvalue weighted by Gasteiger charge is 2.28. The molecule has 18 heavy (non-hydrogen) atoms. The Balaban J connectivity index is 2.24. The van der Waals surface area contributed by atoms with Crippen molar-refractivity contribution in [2.45, 2.75) is 19.9 Å². The number of nitrogens with zero attached hydrogens (tertiary/aromatic N) is 2. The average Bonchev–Trinajstić information content (AvgIpc) is 2.72. The molecule has 1 aliphatic heterocycles. The number of hydrogen-bond acceptors (Lipinski definition) is 5. The normalized spacial score (nSPS) is 18.2. The minimum absolute atomic E-state index is 0.343. The van der Waals surface area contributed by atoms with Crippen molar-refractivity contribution in [1.29, 1.82) is 0 Å². The van der Waals surface area contributed by atoms with Crippen molar-refractivity contribution in [2.24, 2.45) is 9.98 Å². The molecule has 0 aliphatic carbocycles. The number of carbonyl (C=O) groups excluding carboxylic acids is 1. The molecule has 1 aromatic carbocycles. The van der Waals surface area contributed by atoms with Gasteiger partial charge in [-0.1, -0.05) is 0 Å². The van der Waals surface area contributed by atoms with E-state index < -0.39 is 6.04 Å². The molecule has 0 aromatic heterocycles. The van der Waals surface area contributed by atoms with Crippen molar-refractivity contribution in [3.05, 3.63) is 29.8 Å². The summed E-state index contributed by atoms with van der Waals surface area (Å²) in [6, 6.07) is 6.61. The number of benzene rings is 1. The van der Waals surface area contributed by atoms with Crippen LogP contribution in [0.5, 0.6) is 0 Å². The zero-order chi connectivity index (χ0) is 13.1. The molecule has 1 heterocycles. The van der Waals surface area contributed by atoms with Gasteiger partial charge in [-0.05, 0) is 38.1 Å². The number of amidine groups is 1. The van der Waals surface area contributed by atoms with E-state index in [1.54, 1.807) is 26.0 Å². The van der Waals surface area contributed by atoms with E-state index in [-0.39, 0.29) is 5.97 Å². The summed E-state index contributed by atoms with van der Waals surface area (Å²) in [5, 5.41) is 0. The fraction of sp³-hybridized carbons (Fsp3) is 0.308. The first-order valence-electron chi connectivity index (χ1n) is 5.77. The number of nitrogens with two attached hydrogens (primary N) is 1. The first-order valence-corrected chi connectivity index (χ1v) is 5.77. The monoisotopic (exact) mass is 245 g/mol. The van der Waals surface area contributed by atoms with Crippen molar-refractivity contribution in [3.63, 3.8) is 0 Å². The first-order chi connectivity index (χ1) is 8.61. The van der Waals surface area contributed by atoms with Crippen LogP contribution in [0.25, 0.3) is 0 Å². The largest absolute Gasteiger partial charge is 0.464 e. The fourth-order valence-corrected chi connectivity index (χ4v) is 1.69. The predicted molar refractivity (Wildman–Crippen MR) is 70.9 cm³/mol. The Hall–Kier alpha value is -2.17. The lowest BCUT2D eigenvalue weighted by molar-refractivity contribution is -0.142. The number of hydrogen-bond donors (Lipinski definition) is 1. The van der Waals surface area contributed by atoms with Gasteiger partial charge in [-0.25, -0.2) is 14.8 Å². The molecule has 5 nitrogen and oxygen atoms in total. The van der Waals surface area contributed by atoms with Crippen molar-refractivity contribution < 1.29 is 9.53 Å². The van der Waals surface area contributed by atoms with E-state index in [0.717, 1.165) is 5.56 Å². The molecule has 2 N–H and O–H groups in total. The fourth-order valence-electron chi connectivity index (χ4n) is 1.69. The van der Waals surface area contributed by atoms with E-state index in [2.05, 4.69) is 9.98 Å². The zero-order valence-electron chi connectivity index (χ0n) is 10.4. The molecule has 5 heteroatoms. The molecule has 0 bridgehead atoms. The molecule has 1 aromatic rings. The van der Waals surface area contributed by atoms with Crippen LogP contribution in [0.4, 0.5) is 5.69 Å². The Kier molecular flexibility index (Phi) is 3.41. The summed E-state index contributed by atoms with van der Waals surface area (Å²) in [5.74, 6) is 0.190. The molecular weight excluding hydrogens is 230 g/mol. The standard InChI is InChI=1S/C13H15N3O2/c1-3-18-13(17)11-8(2)15-12(16-11)9-4-6-10(14)7-5-9/h4-7,11H,3,14H2,1-2H3/t11-/m0/s1. The van der Waals surface area contributed by atoms with Crippen LogP contribution in [0.15, 0.2) is 34.3 Å². The lowest BCUT2D eigenvalue weighted by atomic mass is 10.2. The molecule has 94 valence electrons. The molecule has 0 fully saturated rings. The van der Waals surface area contributed by atoms with Crippen LogP contribution in [-0.4, -0.2) is 30.2 Å². The van der Waals surface area contributed by atoms with Gasteiger partial charge in [0, 0.05) is 11.3 Å². The summed E-state index contributed by atoms with van der Waals surface area (Å²) in [7, 11) is 0. The van der Waals surface area contributed by atoms with E-state index in [1.807, 2.05) is 12.1 Å². The maximum Gasteiger partial charge on any atom is 0.336 e. The van der Waals surface area contributed by atoms with E-state index in [9.17, 15) is 4.79 Å². The first kappa shape index (κ1) is 12.3. The van der Waals surface area contributed by atoms with Gasteiger partial charge in [-0.2, -0.15) is 0 Å². The topological polar surface area (TPSA) is 77.0 Å². The third kappa shape index (κ3) is 2.40. The van der Waals surface area contributed by atoms with Crippen LogP contribution >= 0.6 is 0 Å². The van der Waals surface area contributed by atoms with Gasteiger partial charge in [0.1, 0.15) is 0 Å². The smallest absolute Gasteiger partial charge is 0.336 e. The Morgan fingerprint density at radius 1 is 1.39 bits per heavy atom. The minimum Gasteiger partial charge on any atom is -0.464 e. The van der Waals surface area contributed by atoms with Gasteiger partial charge >= 0.3 is 5.97 Å². The summed E-state index contributed by atoms with van der Waals surface area (Å²) < 4.78 is 4.95. The molecule has 0 unspecified atom stereocenters. The van der Waals surface area contributed by atoms with Gasteiger partial charge in [0.25, 0.3) is 0 Å². The highest BCUT2D eigenvalue weighted by Crippen LogP contribution is 2.15. The molecule has 0 saturated heterocycles. The molecule has 0 saturated carbocycles. The Morgan fingerprint density at radius 3 is 2.67 bits per heavy atom. The van der Waals surface area contributed by atoms with Gasteiger partial charge in [0.05, 0.1) is 12.3 Å². The highest BCUT2D eigenvalue weighted by atomic mass is 16.5.